The molecule has 0 spiro atoms. The number of nitrogens with zero attached hydrogens (tertiary/aromatic N) is 2. The minimum absolute atomic E-state index is 0.0244. The van der Waals surface area contributed by atoms with Crippen LogP contribution in [0.3, 0.4) is 0 Å². The third-order valence-corrected chi connectivity index (χ3v) is 4.37. The van der Waals surface area contributed by atoms with E-state index in [0.29, 0.717) is 51.0 Å². The minimum atomic E-state index is -0.378. The van der Waals surface area contributed by atoms with E-state index in [-0.39, 0.29) is 23.8 Å². The molecule has 1 aromatic rings. The molecule has 6 heteroatoms. The first kappa shape index (κ1) is 14.1. The van der Waals surface area contributed by atoms with E-state index >= 15 is 0 Å². The lowest BCUT2D eigenvalue weighted by molar-refractivity contribution is -0.136. The van der Waals surface area contributed by atoms with Crippen LogP contribution in [0.1, 0.15) is 29.6 Å². The number of likely N-dealkylation sites (tertiary alicyclic amines) is 2. The Morgan fingerprint density at radius 1 is 1.14 bits per heavy atom. The zero-order valence-corrected chi connectivity index (χ0v) is 11.9. The number of carbonyl (C=O) groups is 2. The number of furan rings is 1. The Bertz CT molecular complexity index is 506. The quantitative estimate of drug-likeness (QED) is 0.872. The van der Waals surface area contributed by atoms with E-state index in [9.17, 15) is 14.7 Å². The lowest BCUT2D eigenvalue weighted by atomic mass is 9.95. The van der Waals surface area contributed by atoms with Gasteiger partial charge in [0.2, 0.25) is 5.91 Å². The van der Waals surface area contributed by atoms with Gasteiger partial charge in [0.15, 0.2) is 0 Å². The molecule has 1 aromatic heterocycles. The van der Waals surface area contributed by atoms with Gasteiger partial charge in [0, 0.05) is 32.1 Å². The summed E-state index contributed by atoms with van der Waals surface area (Å²) in [6.45, 7) is 2.29. The summed E-state index contributed by atoms with van der Waals surface area (Å²) < 4.78 is 4.93. The summed E-state index contributed by atoms with van der Waals surface area (Å²) >= 11 is 0. The number of carbonyl (C=O) groups excluding carboxylic acids is 2. The van der Waals surface area contributed by atoms with Gasteiger partial charge in [0.05, 0.1) is 17.9 Å². The van der Waals surface area contributed by atoms with E-state index in [2.05, 4.69) is 0 Å². The summed E-state index contributed by atoms with van der Waals surface area (Å²) in [5.41, 5.74) is 0.558. The molecule has 21 heavy (non-hydrogen) atoms. The molecule has 2 amide bonds. The summed E-state index contributed by atoms with van der Waals surface area (Å²) in [5.74, 6) is 0.0666. The Hall–Kier alpha value is -1.82. The van der Waals surface area contributed by atoms with E-state index in [1.807, 2.05) is 0 Å². The fraction of sp³-hybridized carbons (Fsp3) is 0.600. The van der Waals surface area contributed by atoms with Crippen LogP contribution in [0, 0.1) is 5.92 Å². The van der Waals surface area contributed by atoms with Crippen molar-refractivity contribution in [2.45, 2.75) is 25.4 Å². The summed E-state index contributed by atoms with van der Waals surface area (Å²) in [6.07, 6.45) is 4.61. The van der Waals surface area contributed by atoms with Gasteiger partial charge in [-0.3, -0.25) is 9.59 Å². The lowest BCUT2D eigenvalue weighted by Gasteiger charge is -2.33. The summed E-state index contributed by atoms with van der Waals surface area (Å²) in [7, 11) is 0. The van der Waals surface area contributed by atoms with Crippen molar-refractivity contribution in [3.63, 3.8) is 0 Å². The Labute approximate surface area is 123 Å². The van der Waals surface area contributed by atoms with E-state index in [0.717, 1.165) is 0 Å². The molecular formula is C15H20N2O4. The number of piperidine rings is 1. The SMILES string of the molecule is O=C(c1ccoc1)N1CCC(C(=O)N2CC[C@@H](O)C2)CC1. The van der Waals surface area contributed by atoms with Crippen molar-refractivity contribution in [3.8, 4) is 0 Å². The summed E-state index contributed by atoms with van der Waals surface area (Å²) in [5, 5.41) is 9.51. The first-order valence-corrected chi connectivity index (χ1v) is 7.43. The maximum absolute atomic E-state index is 12.3. The first-order chi connectivity index (χ1) is 10.1. The molecule has 2 aliphatic rings. The maximum atomic E-state index is 12.3. The second-order valence-electron chi connectivity index (χ2n) is 5.81. The molecule has 0 aliphatic carbocycles. The second kappa shape index (κ2) is 5.89. The van der Waals surface area contributed by atoms with Gasteiger partial charge in [0.1, 0.15) is 6.26 Å². The van der Waals surface area contributed by atoms with Gasteiger partial charge in [-0.1, -0.05) is 0 Å². The van der Waals surface area contributed by atoms with E-state index < -0.39 is 0 Å². The van der Waals surface area contributed by atoms with Gasteiger partial charge < -0.3 is 19.3 Å². The van der Waals surface area contributed by atoms with Crippen LogP contribution < -0.4 is 0 Å². The molecule has 3 rings (SSSR count). The summed E-state index contributed by atoms with van der Waals surface area (Å²) in [4.78, 5) is 28.0. The molecule has 1 N–H and O–H groups in total. The van der Waals surface area contributed by atoms with Crippen LogP contribution in [0.15, 0.2) is 23.0 Å². The standard InChI is InChI=1S/C15H20N2O4/c18-13-3-7-17(9-13)14(19)11-1-5-16(6-2-11)15(20)12-4-8-21-10-12/h4,8,10-11,13,18H,1-3,5-7,9H2/t13-/m1/s1. The van der Waals surface area contributed by atoms with Crippen LogP contribution in [0.5, 0.6) is 0 Å². The normalized spacial score (nSPS) is 23.6. The number of rotatable bonds is 2. The van der Waals surface area contributed by atoms with Crippen molar-refractivity contribution in [2.75, 3.05) is 26.2 Å². The number of β-amino-alcohol motifs (C(OH)–C–C–N with tert-alkyl or cyclic N) is 1. The second-order valence-corrected chi connectivity index (χ2v) is 5.81. The molecule has 0 saturated carbocycles. The highest BCUT2D eigenvalue weighted by atomic mass is 16.3. The summed E-state index contributed by atoms with van der Waals surface area (Å²) in [6, 6.07) is 1.66. The number of amides is 2. The number of aliphatic hydroxyl groups is 1. The van der Waals surface area contributed by atoms with E-state index in [4.69, 9.17) is 4.42 Å². The van der Waals surface area contributed by atoms with Gasteiger partial charge in [0.25, 0.3) is 5.91 Å². The molecule has 0 aromatic carbocycles. The molecular weight excluding hydrogens is 272 g/mol. The molecule has 2 fully saturated rings. The maximum Gasteiger partial charge on any atom is 0.257 e. The number of aliphatic hydroxyl groups excluding tert-OH is 1. The lowest BCUT2D eigenvalue weighted by Crippen LogP contribution is -2.44. The topological polar surface area (TPSA) is 74.0 Å². The van der Waals surface area contributed by atoms with Crippen molar-refractivity contribution in [1.29, 1.82) is 0 Å². The van der Waals surface area contributed by atoms with Crippen molar-refractivity contribution >= 4 is 11.8 Å². The fourth-order valence-corrected chi connectivity index (χ4v) is 3.10. The average molecular weight is 292 g/mol. The highest BCUT2D eigenvalue weighted by molar-refractivity contribution is 5.94. The van der Waals surface area contributed by atoms with Crippen LogP contribution in [-0.4, -0.2) is 59.0 Å². The van der Waals surface area contributed by atoms with E-state index in [1.165, 1.54) is 12.5 Å². The number of hydrogen-bond donors (Lipinski definition) is 1. The van der Waals surface area contributed by atoms with Crippen LogP contribution in [0.25, 0.3) is 0 Å². The molecule has 0 radical (unpaired) electrons. The Kier molecular flexibility index (Phi) is 3.96. The van der Waals surface area contributed by atoms with Crippen LogP contribution in [0.2, 0.25) is 0 Å². The minimum Gasteiger partial charge on any atom is -0.472 e. The highest BCUT2D eigenvalue weighted by Crippen LogP contribution is 2.23. The van der Waals surface area contributed by atoms with Gasteiger partial charge in [-0.05, 0) is 25.3 Å². The Morgan fingerprint density at radius 2 is 1.86 bits per heavy atom. The number of hydrogen-bond acceptors (Lipinski definition) is 4. The van der Waals surface area contributed by atoms with Crippen LogP contribution in [0.4, 0.5) is 0 Å². The molecule has 2 saturated heterocycles. The molecule has 1 atom stereocenters. The van der Waals surface area contributed by atoms with Crippen molar-refractivity contribution in [2.24, 2.45) is 5.92 Å². The molecule has 0 unspecified atom stereocenters. The third kappa shape index (κ3) is 2.95. The molecule has 3 heterocycles. The van der Waals surface area contributed by atoms with Gasteiger partial charge in [-0.25, -0.2) is 0 Å². The van der Waals surface area contributed by atoms with Crippen LogP contribution >= 0.6 is 0 Å². The largest absolute Gasteiger partial charge is 0.472 e. The smallest absolute Gasteiger partial charge is 0.257 e. The van der Waals surface area contributed by atoms with Crippen molar-refractivity contribution < 1.29 is 19.1 Å². The molecule has 2 aliphatic heterocycles. The van der Waals surface area contributed by atoms with Crippen molar-refractivity contribution in [3.05, 3.63) is 24.2 Å². The van der Waals surface area contributed by atoms with Crippen molar-refractivity contribution in [1.82, 2.24) is 9.80 Å². The molecule has 6 nitrogen and oxygen atoms in total. The predicted molar refractivity (Wildman–Crippen MR) is 74.5 cm³/mol. The first-order valence-electron chi connectivity index (χ1n) is 7.43. The van der Waals surface area contributed by atoms with Gasteiger partial charge in [-0.15, -0.1) is 0 Å². The van der Waals surface area contributed by atoms with Crippen LogP contribution in [-0.2, 0) is 4.79 Å². The highest BCUT2D eigenvalue weighted by Gasteiger charge is 2.33. The van der Waals surface area contributed by atoms with Gasteiger partial charge >= 0.3 is 0 Å². The van der Waals surface area contributed by atoms with E-state index in [1.54, 1.807) is 15.9 Å². The fourth-order valence-electron chi connectivity index (χ4n) is 3.10. The molecule has 114 valence electrons. The zero-order chi connectivity index (χ0) is 14.8. The Morgan fingerprint density at radius 3 is 2.43 bits per heavy atom. The molecule has 0 bridgehead atoms. The third-order valence-electron chi connectivity index (χ3n) is 4.37. The zero-order valence-electron chi connectivity index (χ0n) is 11.9. The Balaban J connectivity index is 1.53. The monoisotopic (exact) mass is 292 g/mol. The van der Waals surface area contributed by atoms with Gasteiger partial charge in [-0.2, -0.15) is 0 Å². The predicted octanol–water partition coefficient (Wildman–Crippen LogP) is 0.725. The average Bonchev–Trinajstić information content (AvgIpc) is 3.17.